The lowest BCUT2D eigenvalue weighted by molar-refractivity contribution is -0.135. The van der Waals surface area contributed by atoms with E-state index < -0.39 is 5.54 Å². The zero-order valence-electron chi connectivity index (χ0n) is 17.1. The molecule has 0 aromatic heterocycles. The number of amides is 1. The summed E-state index contributed by atoms with van der Waals surface area (Å²) in [6.45, 7) is 9.56. The molecule has 0 aliphatic carbocycles. The van der Waals surface area contributed by atoms with Gasteiger partial charge < -0.3 is 10.1 Å². The smallest absolute Gasteiger partial charge is 0.238 e. The number of nitrogens with one attached hydrogen (secondary N) is 1. The zero-order valence-corrected chi connectivity index (χ0v) is 17.1. The fraction of sp³-hybridized carbons (Fsp3) is 0.478. The first-order chi connectivity index (χ1) is 13.3. The largest absolute Gasteiger partial charge is 0.371 e. The highest BCUT2D eigenvalue weighted by Crippen LogP contribution is 2.23. The van der Waals surface area contributed by atoms with Crippen molar-refractivity contribution < 1.29 is 9.53 Å². The van der Waals surface area contributed by atoms with Gasteiger partial charge in [0.15, 0.2) is 0 Å². The third-order valence-electron chi connectivity index (χ3n) is 5.93. The van der Waals surface area contributed by atoms with Gasteiger partial charge in [0.1, 0.15) is 5.54 Å². The molecule has 0 unspecified atom stereocenters. The van der Waals surface area contributed by atoms with E-state index in [4.69, 9.17) is 4.74 Å². The minimum Gasteiger partial charge on any atom is -0.371 e. The van der Waals surface area contributed by atoms with Crippen LogP contribution in [0.2, 0.25) is 0 Å². The lowest BCUT2D eigenvalue weighted by Crippen LogP contribution is -2.62. The Balaban J connectivity index is 1.50. The number of hydrogen-bond donors (Lipinski definition) is 1. The van der Waals surface area contributed by atoms with Crippen molar-refractivity contribution >= 4 is 16.7 Å². The van der Waals surface area contributed by atoms with E-state index in [0.717, 1.165) is 13.1 Å². The Bertz CT molecular complexity index is 878. The van der Waals surface area contributed by atoms with Gasteiger partial charge in [0, 0.05) is 13.1 Å². The van der Waals surface area contributed by atoms with E-state index >= 15 is 0 Å². The number of carbonyl (C=O) groups excluding carboxylic acids is 1. The molecular formula is C23H29N3O2. The van der Waals surface area contributed by atoms with Crippen molar-refractivity contribution in [2.24, 2.45) is 5.92 Å². The van der Waals surface area contributed by atoms with Crippen molar-refractivity contribution in [3.8, 4) is 6.07 Å². The van der Waals surface area contributed by atoms with E-state index in [0.29, 0.717) is 6.61 Å². The highest BCUT2D eigenvalue weighted by Gasteiger charge is 2.37. The molecule has 2 aromatic carbocycles. The van der Waals surface area contributed by atoms with Crippen LogP contribution in [0.1, 0.15) is 33.3 Å². The minimum atomic E-state index is -0.847. The topological polar surface area (TPSA) is 65.4 Å². The third kappa shape index (κ3) is 4.19. The molecule has 0 radical (unpaired) electrons. The molecule has 1 aliphatic rings. The SMILES string of the molecule is CC(C)[C@](C)(C#N)NC(=O)[C@H](C)N1CC(OCc2cccc3ccccc23)C1. The van der Waals surface area contributed by atoms with Crippen molar-refractivity contribution in [1.82, 2.24) is 10.2 Å². The van der Waals surface area contributed by atoms with Crippen LogP contribution in [-0.2, 0) is 16.1 Å². The van der Waals surface area contributed by atoms with E-state index in [-0.39, 0.29) is 24.0 Å². The minimum absolute atomic E-state index is 0.0433. The Morgan fingerprint density at radius 1 is 1.25 bits per heavy atom. The molecule has 148 valence electrons. The normalized spacial score (nSPS) is 18.3. The van der Waals surface area contributed by atoms with Crippen LogP contribution in [-0.4, -0.2) is 41.6 Å². The molecule has 1 amide bonds. The van der Waals surface area contributed by atoms with Crippen LogP contribution < -0.4 is 5.32 Å². The van der Waals surface area contributed by atoms with Crippen LogP contribution in [0.3, 0.4) is 0 Å². The van der Waals surface area contributed by atoms with Gasteiger partial charge in [-0.25, -0.2) is 0 Å². The van der Waals surface area contributed by atoms with E-state index in [9.17, 15) is 10.1 Å². The number of ether oxygens (including phenoxy) is 1. The molecule has 1 N–H and O–H groups in total. The number of fused-ring (bicyclic) bond motifs is 1. The van der Waals surface area contributed by atoms with E-state index in [1.165, 1.54) is 16.3 Å². The van der Waals surface area contributed by atoms with Gasteiger partial charge in [0.25, 0.3) is 0 Å². The van der Waals surface area contributed by atoms with Gasteiger partial charge in [-0.15, -0.1) is 0 Å². The van der Waals surface area contributed by atoms with Gasteiger partial charge in [-0.3, -0.25) is 9.69 Å². The Morgan fingerprint density at radius 2 is 1.93 bits per heavy atom. The molecule has 28 heavy (non-hydrogen) atoms. The van der Waals surface area contributed by atoms with Gasteiger partial charge in [-0.05, 0) is 36.1 Å². The molecule has 1 aliphatic heterocycles. The summed E-state index contributed by atoms with van der Waals surface area (Å²) < 4.78 is 6.07. The average Bonchev–Trinajstić information content (AvgIpc) is 2.66. The maximum absolute atomic E-state index is 12.5. The summed E-state index contributed by atoms with van der Waals surface area (Å²) in [6.07, 6.45) is 0.127. The summed E-state index contributed by atoms with van der Waals surface area (Å²) >= 11 is 0. The fourth-order valence-electron chi connectivity index (χ4n) is 3.34. The summed E-state index contributed by atoms with van der Waals surface area (Å²) in [5.74, 6) is -0.0629. The molecule has 0 saturated carbocycles. The average molecular weight is 380 g/mol. The molecule has 1 fully saturated rings. The Morgan fingerprint density at radius 3 is 2.61 bits per heavy atom. The quantitative estimate of drug-likeness (QED) is 0.800. The van der Waals surface area contributed by atoms with Crippen LogP contribution in [0.25, 0.3) is 10.8 Å². The van der Waals surface area contributed by atoms with Gasteiger partial charge >= 0.3 is 0 Å². The Hall–Kier alpha value is -2.42. The van der Waals surface area contributed by atoms with Crippen LogP contribution in [0.5, 0.6) is 0 Å². The lowest BCUT2D eigenvalue weighted by Gasteiger charge is -2.43. The van der Waals surface area contributed by atoms with E-state index in [1.54, 1.807) is 6.92 Å². The number of nitrogens with zero attached hydrogens (tertiary/aromatic N) is 2. The van der Waals surface area contributed by atoms with E-state index in [1.807, 2.05) is 32.9 Å². The predicted molar refractivity (Wildman–Crippen MR) is 111 cm³/mol. The predicted octanol–water partition coefficient (Wildman–Crippen LogP) is 3.48. The van der Waals surface area contributed by atoms with Crippen LogP contribution in [0.15, 0.2) is 42.5 Å². The highest BCUT2D eigenvalue weighted by molar-refractivity contribution is 5.85. The lowest BCUT2D eigenvalue weighted by atomic mass is 9.89. The molecular weight excluding hydrogens is 350 g/mol. The van der Waals surface area contributed by atoms with E-state index in [2.05, 4.69) is 46.6 Å². The molecule has 3 rings (SSSR count). The number of carbonyl (C=O) groups is 1. The van der Waals surface area contributed by atoms with Crippen LogP contribution in [0.4, 0.5) is 0 Å². The first-order valence-corrected chi connectivity index (χ1v) is 9.89. The maximum atomic E-state index is 12.5. The van der Waals surface area contributed by atoms with Crippen molar-refractivity contribution in [3.05, 3.63) is 48.0 Å². The second-order valence-corrected chi connectivity index (χ2v) is 8.16. The Kier molecular flexibility index (Phi) is 6.02. The summed E-state index contributed by atoms with van der Waals surface area (Å²) in [4.78, 5) is 14.6. The summed E-state index contributed by atoms with van der Waals surface area (Å²) in [5, 5.41) is 14.7. The van der Waals surface area contributed by atoms with Gasteiger partial charge in [0.05, 0.1) is 24.8 Å². The van der Waals surface area contributed by atoms with Crippen molar-refractivity contribution in [2.45, 2.75) is 52.0 Å². The number of benzene rings is 2. The van der Waals surface area contributed by atoms with Gasteiger partial charge in [0.2, 0.25) is 5.91 Å². The summed E-state index contributed by atoms with van der Waals surface area (Å²) in [5.41, 5.74) is 0.338. The van der Waals surface area contributed by atoms with Gasteiger partial charge in [-0.2, -0.15) is 5.26 Å². The van der Waals surface area contributed by atoms with Gasteiger partial charge in [-0.1, -0.05) is 56.3 Å². The fourth-order valence-corrected chi connectivity index (χ4v) is 3.34. The second kappa shape index (κ2) is 8.30. The molecule has 1 saturated heterocycles. The van der Waals surface area contributed by atoms with Crippen LogP contribution >= 0.6 is 0 Å². The molecule has 5 nitrogen and oxygen atoms in total. The second-order valence-electron chi connectivity index (χ2n) is 8.16. The molecule has 0 spiro atoms. The summed E-state index contributed by atoms with van der Waals surface area (Å²) in [7, 11) is 0. The van der Waals surface area contributed by atoms with Crippen molar-refractivity contribution in [1.29, 1.82) is 5.26 Å². The molecule has 0 bridgehead atoms. The number of nitriles is 1. The standard InChI is InChI=1S/C23H29N3O2/c1-16(2)23(4,15-24)25-22(27)17(3)26-12-20(13-26)28-14-19-10-7-9-18-8-5-6-11-21(18)19/h5-11,16-17,20H,12-14H2,1-4H3,(H,25,27)/t17-,23-/m0/s1. The number of rotatable bonds is 7. The zero-order chi connectivity index (χ0) is 20.3. The first-order valence-electron chi connectivity index (χ1n) is 9.89. The first kappa shape index (κ1) is 20.3. The molecule has 2 atom stereocenters. The molecule has 5 heteroatoms. The molecule has 1 heterocycles. The monoisotopic (exact) mass is 379 g/mol. The van der Waals surface area contributed by atoms with Crippen molar-refractivity contribution in [3.63, 3.8) is 0 Å². The van der Waals surface area contributed by atoms with Crippen molar-refractivity contribution in [2.75, 3.05) is 13.1 Å². The molecule has 2 aromatic rings. The Labute approximate surface area is 167 Å². The maximum Gasteiger partial charge on any atom is 0.238 e. The number of hydrogen-bond acceptors (Lipinski definition) is 4. The number of likely N-dealkylation sites (tertiary alicyclic amines) is 1. The highest BCUT2D eigenvalue weighted by atomic mass is 16.5. The summed E-state index contributed by atoms with van der Waals surface area (Å²) in [6, 6.07) is 16.5. The third-order valence-corrected chi connectivity index (χ3v) is 5.93. The van der Waals surface area contributed by atoms with Crippen LogP contribution in [0, 0.1) is 17.2 Å².